The first-order chi connectivity index (χ1) is 15.5. The van der Waals surface area contributed by atoms with Crippen LogP contribution in [0.1, 0.15) is 92.9 Å². The van der Waals surface area contributed by atoms with Crippen LogP contribution in [0.15, 0.2) is 30.4 Å². The highest BCUT2D eigenvalue weighted by Gasteiger charge is 2.22. The van der Waals surface area contributed by atoms with Gasteiger partial charge in [-0.05, 0) is 39.0 Å². The number of allylic oxidation sites excluding steroid dienone is 3. The molecular weight excluding hydrogens is 403 g/mol. The minimum absolute atomic E-state index is 0.209. The third-order valence-electron chi connectivity index (χ3n) is 4.95. The fourth-order valence-electron chi connectivity index (χ4n) is 2.96. The molecule has 2 N–H and O–H groups in total. The molecule has 7 heteroatoms. The molecule has 0 aliphatic heterocycles. The Balaban J connectivity index is 0.000000769. The zero-order chi connectivity index (χ0) is 23.9. The van der Waals surface area contributed by atoms with E-state index in [0.29, 0.717) is 30.1 Å². The lowest BCUT2D eigenvalue weighted by molar-refractivity contribution is 0.590. The third-order valence-corrected chi connectivity index (χ3v) is 4.95. The van der Waals surface area contributed by atoms with Crippen LogP contribution < -0.4 is 10.6 Å². The summed E-state index contributed by atoms with van der Waals surface area (Å²) in [5.41, 5.74) is 2.09. The van der Waals surface area contributed by atoms with Gasteiger partial charge in [-0.2, -0.15) is 4.98 Å². The lowest BCUT2D eigenvalue weighted by Gasteiger charge is -2.12. The van der Waals surface area contributed by atoms with Crippen molar-refractivity contribution >= 4 is 23.1 Å². The summed E-state index contributed by atoms with van der Waals surface area (Å²) in [5.74, 6) is 1.08. The predicted octanol–water partition coefficient (Wildman–Crippen LogP) is 7.61. The molecule has 0 radical (unpaired) electrons. The van der Waals surface area contributed by atoms with Gasteiger partial charge in [0.05, 0.1) is 6.20 Å². The first-order valence-corrected chi connectivity index (χ1v) is 12.3. The third kappa shape index (κ3) is 8.97. The van der Waals surface area contributed by atoms with E-state index in [4.69, 9.17) is 0 Å². The first-order valence-electron chi connectivity index (χ1n) is 12.3. The van der Waals surface area contributed by atoms with Gasteiger partial charge in [0.2, 0.25) is 11.9 Å². The number of anilines is 2. The molecule has 180 valence electrons. The maximum Gasteiger partial charge on any atom is 0.224 e. The molecule has 32 heavy (non-hydrogen) atoms. The van der Waals surface area contributed by atoms with E-state index >= 15 is 0 Å². The predicted molar refractivity (Wildman–Crippen MR) is 136 cm³/mol. The Labute approximate surface area is 193 Å². The van der Waals surface area contributed by atoms with Gasteiger partial charge in [-0.1, -0.05) is 60.0 Å². The van der Waals surface area contributed by atoms with E-state index in [1.54, 1.807) is 6.20 Å². The molecule has 3 rings (SSSR count). The molecule has 0 spiro atoms. The molecule has 0 aromatic carbocycles. The van der Waals surface area contributed by atoms with Gasteiger partial charge in [0.25, 0.3) is 0 Å². The molecule has 0 atom stereocenters. The fraction of sp³-hybridized carbons (Fsp3) is 0.640. The second-order valence-corrected chi connectivity index (χ2v) is 7.66. The molecule has 0 saturated heterocycles. The molecule has 2 aromatic heterocycles. The molecule has 1 fully saturated rings. The summed E-state index contributed by atoms with van der Waals surface area (Å²) in [6.45, 7) is 15.9. The number of imidazole rings is 1. The van der Waals surface area contributed by atoms with Gasteiger partial charge >= 0.3 is 0 Å². The number of unbranched alkanes of at least 4 members (excludes halogenated alkanes) is 3. The highest BCUT2D eigenvalue weighted by atomic mass is 19.1. The van der Waals surface area contributed by atoms with Crippen LogP contribution in [0, 0.1) is 0 Å². The number of rotatable bonds is 11. The van der Waals surface area contributed by atoms with Crippen molar-refractivity contribution in [2.45, 2.75) is 105 Å². The molecule has 1 saturated carbocycles. The van der Waals surface area contributed by atoms with E-state index in [1.807, 2.05) is 26.8 Å². The summed E-state index contributed by atoms with van der Waals surface area (Å²) < 4.78 is 15.8. The summed E-state index contributed by atoms with van der Waals surface area (Å²) >= 11 is 0. The SMILES string of the molecule is C=CCC.CC.CCCCCCn1c(N/C(CC)=C(/C)F)nc2cnc(NC3CC3)nc21. The molecule has 6 nitrogen and oxygen atoms in total. The first kappa shape index (κ1) is 27.6. The Morgan fingerprint density at radius 3 is 2.41 bits per heavy atom. The minimum Gasteiger partial charge on any atom is -0.351 e. The highest BCUT2D eigenvalue weighted by Crippen LogP contribution is 2.26. The van der Waals surface area contributed by atoms with E-state index in [2.05, 4.69) is 50.6 Å². The Morgan fingerprint density at radius 1 is 1.19 bits per heavy atom. The van der Waals surface area contributed by atoms with Gasteiger partial charge < -0.3 is 10.6 Å². The smallest absolute Gasteiger partial charge is 0.224 e. The van der Waals surface area contributed by atoms with E-state index in [-0.39, 0.29) is 5.83 Å². The van der Waals surface area contributed by atoms with Crippen molar-refractivity contribution < 1.29 is 4.39 Å². The summed E-state index contributed by atoms with van der Waals surface area (Å²) in [5, 5.41) is 6.51. The van der Waals surface area contributed by atoms with E-state index < -0.39 is 0 Å². The molecule has 1 aliphatic rings. The number of aromatic nitrogens is 4. The number of hydrogen-bond donors (Lipinski definition) is 2. The van der Waals surface area contributed by atoms with Crippen LogP contribution in [0.4, 0.5) is 16.3 Å². The monoisotopic (exact) mass is 446 g/mol. The summed E-state index contributed by atoms with van der Waals surface area (Å²) in [4.78, 5) is 13.7. The fourth-order valence-corrected chi connectivity index (χ4v) is 2.96. The largest absolute Gasteiger partial charge is 0.351 e. The van der Waals surface area contributed by atoms with Gasteiger partial charge in [-0.15, -0.1) is 6.58 Å². The topological polar surface area (TPSA) is 67.7 Å². The van der Waals surface area contributed by atoms with E-state index in [0.717, 1.165) is 37.0 Å². The van der Waals surface area contributed by atoms with Crippen molar-refractivity contribution in [2.24, 2.45) is 0 Å². The molecule has 2 heterocycles. The number of aryl methyl sites for hydroxylation is 1. The van der Waals surface area contributed by atoms with E-state index in [1.165, 1.54) is 32.6 Å². The van der Waals surface area contributed by atoms with Crippen molar-refractivity contribution in [3.63, 3.8) is 0 Å². The van der Waals surface area contributed by atoms with Crippen molar-refractivity contribution in [1.82, 2.24) is 19.5 Å². The number of nitrogens with one attached hydrogen (secondary N) is 2. The number of hydrogen-bond acceptors (Lipinski definition) is 5. The average molecular weight is 447 g/mol. The van der Waals surface area contributed by atoms with Crippen LogP contribution >= 0.6 is 0 Å². The summed E-state index contributed by atoms with van der Waals surface area (Å²) in [6, 6.07) is 0.495. The Bertz CT molecular complexity index is 834. The van der Waals surface area contributed by atoms with Crippen molar-refractivity contribution in [3.05, 3.63) is 30.4 Å². The van der Waals surface area contributed by atoms with Crippen LogP contribution in [-0.4, -0.2) is 25.6 Å². The van der Waals surface area contributed by atoms with E-state index in [9.17, 15) is 4.39 Å². The summed E-state index contributed by atoms with van der Waals surface area (Å²) in [6.07, 6.45) is 12.2. The number of nitrogens with zero attached hydrogens (tertiary/aromatic N) is 4. The number of halogens is 1. The normalized spacial score (nSPS) is 13.3. The van der Waals surface area contributed by atoms with Crippen LogP contribution in [0.2, 0.25) is 0 Å². The summed E-state index contributed by atoms with van der Waals surface area (Å²) in [7, 11) is 0. The van der Waals surface area contributed by atoms with Crippen LogP contribution in [0.5, 0.6) is 0 Å². The van der Waals surface area contributed by atoms with Crippen molar-refractivity contribution in [3.8, 4) is 0 Å². The molecule has 0 bridgehead atoms. The van der Waals surface area contributed by atoms with Crippen molar-refractivity contribution in [1.29, 1.82) is 0 Å². The highest BCUT2D eigenvalue weighted by molar-refractivity contribution is 5.75. The maximum atomic E-state index is 13.7. The quantitative estimate of drug-likeness (QED) is 0.274. The molecule has 0 amide bonds. The van der Waals surface area contributed by atoms with Crippen molar-refractivity contribution in [2.75, 3.05) is 10.6 Å². The van der Waals surface area contributed by atoms with Gasteiger partial charge in [-0.25, -0.2) is 14.4 Å². The number of fused-ring (bicyclic) bond motifs is 1. The second kappa shape index (κ2) is 15.4. The van der Waals surface area contributed by atoms with Gasteiger partial charge in [0.15, 0.2) is 5.65 Å². The zero-order valence-corrected chi connectivity index (χ0v) is 21.0. The van der Waals surface area contributed by atoms with Crippen LogP contribution in [0.3, 0.4) is 0 Å². The standard InChI is InChI=1S/C19H29FN6.C4H8.C2H6/c1-4-6-7-8-11-26-17-16(12-21-18(25-17)22-14-9-10-14)24-19(26)23-15(5-2)13(3)20;1-3-4-2;1-2/h12,14H,4-11H2,1-3H3,(H,23,24)(H,21,22,25);3H,1,4H2,2H3;1-2H3/b15-13-;;. The Hall–Kier alpha value is -2.44. The average Bonchev–Trinajstić information content (AvgIpc) is 3.56. The Kier molecular flexibility index (Phi) is 13.3. The van der Waals surface area contributed by atoms with Crippen LogP contribution in [0.25, 0.3) is 11.2 Å². The zero-order valence-electron chi connectivity index (χ0n) is 21.0. The van der Waals surface area contributed by atoms with Crippen LogP contribution in [-0.2, 0) is 6.54 Å². The lowest BCUT2D eigenvalue weighted by atomic mass is 10.2. The molecule has 0 unspecified atom stereocenters. The maximum absolute atomic E-state index is 13.7. The molecule has 1 aliphatic carbocycles. The second-order valence-electron chi connectivity index (χ2n) is 7.66. The molecular formula is C25H43FN6. The molecule has 2 aromatic rings. The van der Waals surface area contributed by atoms with Gasteiger partial charge in [0.1, 0.15) is 11.3 Å². The minimum atomic E-state index is -0.209. The Morgan fingerprint density at radius 2 is 1.88 bits per heavy atom. The van der Waals surface area contributed by atoms with Gasteiger partial charge in [0, 0.05) is 18.3 Å². The lowest BCUT2D eigenvalue weighted by Crippen LogP contribution is -2.10. The van der Waals surface area contributed by atoms with Gasteiger partial charge in [-0.3, -0.25) is 4.57 Å².